The topological polar surface area (TPSA) is 56.9 Å². The molecule has 27 heavy (non-hydrogen) atoms. The lowest BCUT2D eigenvalue weighted by Gasteiger charge is -2.37. The van der Waals surface area contributed by atoms with Crippen molar-refractivity contribution in [3.63, 3.8) is 0 Å². The Labute approximate surface area is 170 Å². The zero-order chi connectivity index (χ0) is 19.2. The number of rotatable bonds is 5. The van der Waals surface area contributed by atoms with E-state index in [4.69, 9.17) is 29.6 Å². The third-order valence-corrected chi connectivity index (χ3v) is 4.98. The van der Waals surface area contributed by atoms with Gasteiger partial charge in [-0.05, 0) is 60.1 Å². The van der Waals surface area contributed by atoms with Crippen LogP contribution in [0.4, 0.5) is 5.69 Å². The molecule has 142 valence electrons. The van der Waals surface area contributed by atoms with Gasteiger partial charge < -0.3 is 10.6 Å². The van der Waals surface area contributed by atoms with Crippen molar-refractivity contribution in [3.05, 3.63) is 64.2 Å². The molecule has 5 nitrogen and oxygen atoms in total. The van der Waals surface area contributed by atoms with Crippen molar-refractivity contribution in [3.8, 4) is 0 Å². The van der Waals surface area contributed by atoms with E-state index in [-0.39, 0.29) is 5.11 Å². The fourth-order valence-electron chi connectivity index (χ4n) is 3.28. The first-order chi connectivity index (χ1) is 13.0. The van der Waals surface area contributed by atoms with Crippen LogP contribution in [0.3, 0.4) is 0 Å². The van der Waals surface area contributed by atoms with Gasteiger partial charge in [0.1, 0.15) is 0 Å². The van der Waals surface area contributed by atoms with Crippen LogP contribution in [0.5, 0.6) is 0 Å². The van der Waals surface area contributed by atoms with Gasteiger partial charge in [-0.1, -0.05) is 29.8 Å². The van der Waals surface area contributed by atoms with Crippen molar-refractivity contribution >= 4 is 40.8 Å². The van der Waals surface area contributed by atoms with Crippen LogP contribution >= 0.6 is 23.8 Å². The summed E-state index contributed by atoms with van der Waals surface area (Å²) >= 11 is 10.7. The molecule has 1 heterocycles. The van der Waals surface area contributed by atoms with Gasteiger partial charge in [-0.25, -0.2) is 0 Å². The molecule has 1 fully saturated rings. The molecule has 0 aliphatic carbocycles. The lowest BCUT2D eigenvalue weighted by atomic mass is 10.1. The molecular weight excluding hydrogens is 378 g/mol. The van der Waals surface area contributed by atoms with E-state index in [1.807, 2.05) is 12.1 Å². The molecule has 0 radical (unpaired) electrons. The molecule has 3 rings (SSSR count). The lowest BCUT2D eigenvalue weighted by Crippen LogP contribution is -2.46. The minimum absolute atomic E-state index is 0.163. The van der Waals surface area contributed by atoms with Gasteiger partial charge in [0.25, 0.3) is 0 Å². The van der Waals surface area contributed by atoms with Gasteiger partial charge in [0.05, 0.1) is 6.21 Å². The highest BCUT2D eigenvalue weighted by Gasteiger charge is 2.18. The normalized spacial score (nSPS) is 15.3. The van der Waals surface area contributed by atoms with Crippen LogP contribution in [0.2, 0.25) is 5.02 Å². The quantitative estimate of drug-likeness (QED) is 0.458. The number of nitrogens with two attached hydrogens (primary N) is 1. The van der Waals surface area contributed by atoms with Gasteiger partial charge in [-0.15, -0.1) is 0 Å². The number of hydrazone groups is 1. The van der Waals surface area contributed by atoms with E-state index in [1.165, 1.54) is 16.8 Å². The highest BCUT2D eigenvalue weighted by atomic mass is 35.5. The van der Waals surface area contributed by atoms with E-state index < -0.39 is 0 Å². The van der Waals surface area contributed by atoms with E-state index in [0.29, 0.717) is 0 Å². The van der Waals surface area contributed by atoms with E-state index >= 15 is 0 Å². The van der Waals surface area contributed by atoms with Crippen molar-refractivity contribution in [2.24, 2.45) is 10.8 Å². The predicted molar refractivity (Wildman–Crippen MR) is 118 cm³/mol. The molecule has 1 aliphatic heterocycles. The van der Waals surface area contributed by atoms with Crippen LogP contribution in [0.25, 0.3) is 0 Å². The van der Waals surface area contributed by atoms with E-state index in [2.05, 4.69) is 57.6 Å². The van der Waals surface area contributed by atoms with Crippen LogP contribution in [-0.2, 0) is 6.54 Å². The highest BCUT2D eigenvalue weighted by molar-refractivity contribution is 7.80. The number of aryl methyl sites for hydroxylation is 1. The first-order valence-corrected chi connectivity index (χ1v) is 9.71. The molecule has 2 aromatic carbocycles. The Morgan fingerprint density at radius 2 is 1.89 bits per heavy atom. The molecule has 2 aromatic rings. The van der Waals surface area contributed by atoms with Gasteiger partial charge in [0, 0.05) is 43.4 Å². The third kappa shape index (κ3) is 5.66. The van der Waals surface area contributed by atoms with Crippen LogP contribution in [0.1, 0.15) is 16.7 Å². The fraction of sp³-hybridized carbons (Fsp3) is 0.300. The maximum atomic E-state index is 5.97. The minimum Gasteiger partial charge on any atom is -0.375 e. The molecule has 1 aliphatic rings. The number of anilines is 1. The summed E-state index contributed by atoms with van der Waals surface area (Å²) in [6, 6.07) is 14.5. The summed E-state index contributed by atoms with van der Waals surface area (Å²) in [7, 11) is 0. The Morgan fingerprint density at radius 1 is 1.19 bits per heavy atom. The number of thiocarbonyl (C=S) groups is 1. The molecule has 7 heteroatoms. The van der Waals surface area contributed by atoms with Gasteiger partial charge >= 0.3 is 0 Å². The molecule has 3 N–H and O–H groups in total. The smallest absolute Gasteiger partial charge is 0.184 e. The maximum Gasteiger partial charge on any atom is 0.184 e. The van der Waals surface area contributed by atoms with Gasteiger partial charge in [-0.2, -0.15) is 5.10 Å². The number of piperazine rings is 1. The summed E-state index contributed by atoms with van der Waals surface area (Å²) in [5.74, 6) is 0. The second kappa shape index (κ2) is 9.17. The van der Waals surface area contributed by atoms with Gasteiger partial charge in [0.15, 0.2) is 5.11 Å². The number of nitrogens with zero attached hydrogens (tertiary/aromatic N) is 3. The van der Waals surface area contributed by atoms with Crippen molar-refractivity contribution in [1.82, 2.24) is 10.3 Å². The third-order valence-electron chi connectivity index (χ3n) is 4.64. The zero-order valence-electron chi connectivity index (χ0n) is 15.4. The molecule has 0 unspecified atom stereocenters. The molecule has 0 saturated carbocycles. The Bertz CT molecular complexity index is 814. The number of benzene rings is 2. The second-order valence-electron chi connectivity index (χ2n) is 6.67. The number of hydrogen-bond acceptors (Lipinski definition) is 4. The Kier molecular flexibility index (Phi) is 6.66. The molecule has 0 bridgehead atoms. The summed E-state index contributed by atoms with van der Waals surface area (Å²) < 4.78 is 0. The SMILES string of the molecule is Cc1cc(/C=N/NC(N)=S)ccc1N1CCN(Cc2ccc(Cl)cc2)CC1. The first kappa shape index (κ1) is 19.6. The van der Waals surface area contributed by atoms with E-state index in [0.717, 1.165) is 43.3 Å². The number of nitrogens with one attached hydrogen (secondary N) is 1. The van der Waals surface area contributed by atoms with Crippen LogP contribution in [-0.4, -0.2) is 42.4 Å². The van der Waals surface area contributed by atoms with Crippen LogP contribution in [0.15, 0.2) is 47.6 Å². The summed E-state index contributed by atoms with van der Waals surface area (Å²) in [5, 5.41) is 4.96. The standard InChI is InChI=1S/C20H24ClN5S/c1-15-12-17(13-23-24-20(22)27)4-7-19(15)26-10-8-25(9-11-26)14-16-2-5-18(21)6-3-16/h2-7,12-13H,8-11,14H2,1H3,(H3,22,24,27)/b23-13+. The van der Waals surface area contributed by atoms with E-state index in [9.17, 15) is 0 Å². The average Bonchev–Trinajstić information content (AvgIpc) is 2.64. The first-order valence-electron chi connectivity index (χ1n) is 8.92. The summed E-state index contributed by atoms with van der Waals surface area (Å²) in [4.78, 5) is 4.93. The predicted octanol–water partition coefficient (Wildman–Crippen LogP) is 3.14. The van der Waals surface area contributed by atoms with Crippen molar-refractivity contribution in [1.29, 1.82) is 0 Å². The summed E-state index contributed by atoms with van der Waals surface area (Å²) in [6.45, 7) is 7.23. The Hall–Kier alpha value is -2.15. The van der Waals surface area contributed by atoms with Gasteiger partial charge in [-0.3, -0.25) is 10.3 Å². The summed E-state index contributed by atoms with van der Waals surface area (Å²) in [5.41, 5.74) is 12.8. The minimum atomic E-state index is 0.163. The fourth-order valence-corrected chi connectivity index (χ4v) is 3.46. The number of halogens is 1. The summed E-state index contributed by atoms with van der Waals surface area (Å²) in [6.07, 6.45) is 1.72. The largest absolute Gasteiger partial charge is 0.375 e. The highest BCUT2D eigenvalue weighted by Crippen LogP contribution is 2.23. The van der Waals surface area contributed by atoms with Crippen LogP contribution < -0.4 is 16.1 Å². The average molecular weight is 402 g/mol. The maximum absolute atomic E-state index is 5.97. The van der Waals surface area contributed by atoms with Gasteiger partial charge in [0.2, 0.25) is 0 Å². The molecule has 0 spiro atoms. The second-order valence-corrected chi connectivity index (χ2v) is 7.55. The van der Waals surface area contributed by atoms with Crippen molar-refractivity contribution in [2.75, 3.05) is 31.1 Å². The van der Waals surface area contributed by atoms with Crippen molar-refractivity contribution < 1.29 is 0 Å². The molecule has 0 amide bonds. The molecule has 0 atom stereocenters. The van der Waals surface area contributed by atoms with Crippen molar-refractivity contribution in [2.45, 2.75) is 13.5 Å². The molecule has 1 saturated heterocycles. The molecule has 0 aromatic heterocycles. The Balaban J connectivity index is 1.56. The lowest BCUT2D eigenvalue weighted by molar-refractivity contribution is 0.250. The monoisotopic (exact) mass is 401 g/mol. The Morgan fingerprint density at radius 3 is 2.52 bits per heavy atom. The number of hydrogen-bond donors (Lipinski definition) is 2. The molecular formula is C20H24ClN5S. The van der Waals surface area contributed by atoms with Crippen LogP contribution in [0, 0.1) is 6.92 Å². The zero-order valence-corrected chi connectivity index (χ0v) is 16.9. The van der Waals surface area contributed by atoms with E-state index in [1.54, 1.807) is 6.21 Å².